The van der Waals surface area contributed by atoms with Gasteiger partial charge in [0.25, 0.3) is 5.91 Å². The first-order chi connectivity index (χ1) is 12.2. The molecule has 1 fully saturated rings. The van der Waals surface area contributed by atoms with Gasteiger partial charge in [-0.05, 0) is 36.4 Å². The molecule has 1 aliphatic heterocycles. The Balaban J connectivity index is 1.62. The van der Waals surface area contributed by atoms with Crippen molar-refractivity contribution in [3.63, 3.8) is 0 Å². The molecule has 0 radical (unpaired) electrons. The number of amides is 1. The zero-order valence-electron chi connectivity index (χ0n) is 14.5. The van der Waals surface area contributed by atoms with Crippen molar-refractivity contribution in [3.05, 3.63) is 46.7 Å². The highest BCUT2D eigenvalue weighted by Crippen LogP contribution is 2.22. The monoisotopic (exact) mass is 361 g/mol. The Kier molecular flexibility index (Phi) is 6.44. The number of ether oxygens (including phenoxy) is 2. The van der Waals surface area contributed by atoms with E-state index in [1.807, 2.05) is 24.3 Å². The lowest BCUT2D eigenvalue weighted by atomic mass is 10.2. The lowest BCUT2D eigenvalue weighted by Gasteiger charge is -2.21. The third-order valence-electron chi connectivity index (χ3n) is 4.34. The fourth-order valence-electron chi connectivity index (χ4n) is 3.16. The van der Waals surface area contributed by atoms with Crippen molar-refractivity contribution in [1.82, 2.24) is 0 Å². The highest BCUT2D eigenvalue weighted by molar-refractivity contribution is 7.09. The molecule has 1 aliphatic rings. The SMILES string of the molecule is COc1ccccc1NC(=O)C[NH+](Cc1cccs1)C[C@@H]1CCCO1. The fourth-order valence-corrected chi connectivity index (χ4v) is 3.94. The molecule has 0 aliphatic carbocycles. The predicted octanol–water partition coefficient (Wildman–Crippen LogP) is 1.96. The Bertz CT molecular complexity index is 669. The molecule has 5 nitrogen and oxygen atoms in total. The summed E-state index contributed by atoms with van der Waals surface area (Å²) in [6.45, 7) is 2.95. The molecule has 1 unspecified atom stereocenters. The maximum Gasteiger partial charge on any atom is 0.279 e. The van der Waals surface area contributed by atoms with Gasteiger partial charge in [0.1, 0.15) is 24.9 Å². The lowest BCUT2D eigenvalue weighted by molar-refractivity contribution is -0.908. The van der Waals surface area contributed by atoms with E-state index in [1.54, 1.807) is 18.4 Å². The van der Waals surface area contributed by atoms with Crippen molar-refractivity contribution in [2.45, 2.75) is 25.5 Å². The second-order valence-electron chi connectivity index (χ2n) is 6.27. The summed E-state index contributed by atoms with van der Waals surface area (Å²) < 4.78 is 11.1. The smallest absolute Gasteiger partial charge is 0.279 e. The Labute approximate surface area is 152 Å². The Morgan fingerprint density at radius 3 is 2.96 bits per heavy atom. The largest absolute Gasteiger partial charge is 0.495 e. The van der Waals surface area contributed by atoms with Crippen LogP contribution in [0.5, 0.6) is 5.75 Å². The minimum absolute atomic E-state index is 0.00551. The molecule has 2 N–H and O–H groups in total. The molecule has 3 rings (SSSR count). The van der Waals surface area contributed by atoms with Crippen LogP contribution in [0.1, 0.15) is 17.7 Å². The molecule has 0 spiro atoms. The van der Waals surface area contributed by atoms with Crippen molar-refractivity contribution in [1.29, 1.82) is 0 Å². The van der Waals surface area contributed by atoms with Gasteiger partial charge in [0, 0.05) is 6.61 Å². The average Bonchev–Trinajstić information content (AvgIpc) is 3.29. The minimum Gasteiger partial charge on any atom is -0.495 e. The number of nitrogens with one attached hydrogen (secondary N) is 2. The molecule has 1 saturated heterocycles. The van der Waals surface area contributed by atoms with Crippen molar-refractivity contribution in [2.24, 2.45) is 0 Å². The number of benzene rings is 1. The number of rotatable bonds is 8. The van der Waals surface area contributed by atoms with Crippen LogP contribution in [-0.4, -0.2) is 38.8 Å². The summed E-state index contributed by atoms with van der Waals surface area (Å²) in [7, 11) is 1.61. The molecule has 25 heavy (non-hydrogen) atoms. The third-order valence-corrected chi connectivity index (χ3v) is 5.21. The summed E-state index contributed by atoms with van der Waals surface area (Å²) in [5.41, 5.74) is 0.711. The van der Waals surface area contributed by atoms with Crippen LogP contribution in [0.25, 0.3) is 0 Å². The van der Waals surface area contributed by atoms with Crippen molar-refractivity contribution in [2.75, 3.05) is 32.1 Å². The Morgan fingerprint density at radius 1 is 1.36 bits per heavy atom. The van der Waals surface area contributed by atoms with E-state index in [0.29, 0.717) is 18.0 Å². The summed E-state index contributed by atoms with van der Waals surface area (Å²) >= 11 is 1.73. The van der Waals surface area contributed by atoms with Gasteiger partial charge in [-0.25, -0.2) is 0 Å². The molecule has 1 amide bonds. The van der Waals surface area contributed by atoms with Gasteiger partial charge in [-0.2, -0.15) is 0 Å². The van der Waals surface area contributed by atoms with E-state index >= 15 is 0 Å². The third kappa shape index (κ3) is 5.29. The van der Waals surface area contributed by atoms with E-state index in [4.69, 9.17) is 9.47 Å². The average molecular weight is 361 g/mol. The van der Waals surface area contributed by atoms with E-state index in [0.717, 1.165) is 32.5 Å². The van der Waals surface area contributed by atoms with Crippen molar-refractivity contribution in [3.8, 4) is 5.75 Å². The van der Waals surface area contributed by atoms with Crippen LogP contribution < -0.4 is 15.0 Å². The molecule has 1 aromatic carbocycles. The second kappa shape index (κ2) is 8.99. The highest BCUT2D eigenvalue weighted by Gasteiger charge is 2.24. The van der Waals surface area contributed by atoms with E-state index in [1.165, 1.54) is 9.78 Å². The van der Waals surface area contributed by atoms with Crippen LogP contribution >= 0.6 is 11.3 Å². The van der Waals surface area contributed by atoms with Gasteiger partial charge in [-0.1, -0.05) is 18.2 Å². The van der Waals surface area contributed by atoms with Crippen LogP contribution in [0.2, 0.25) is 0 Å². The lowest BCUT2D eigenvalue weighted by Crippen LogP contribution is -3.12. The number of anilines is 1. The van der Waals surface area contributed by atoms with Crippen molar-refractivity contribution >= 4 is 22.9 Å². The summed E-state index contributed by atoms with van der Waals surface area (Å²) in [4.78, 5) is 15.1. The van der Waals surface area contributed by atoms with Gasteiger partial charge in [-0.15, -0.1) is 11.3 Å². The molecular weight excluding hydrogens is 336 g/mol. The number of methoxy groups -OCH3 is 1. The normalized spacial score (nSPS) is 18.0. The van der Waals surface area contributed by atoms with Crippen LogP contribution in [0.4, 0.5) is 5.69 Å². The first-order valence-electron chi connectivity index (χ1n) is 8.65. The van der Waals surface area contributed by atoms with E-state index in [-0.39, 0.29) is 12.0 Å². The summed E-state index contributed by atoms with van der Waals surface area (Å²) in [6, 6.07) is 11.7. The van der Waals surface area contributed by atoms with Gasteiger partial charge < -0.3 is 19.7 Å². The zero-order valence-corrected chi connectivity index (χ0v) is 15.3. The molecule has 134 valence electrons. The number of hydrogen-bond donors (Lipinski definition) is 2. The summed E-state index contributed by atoms with van der Waals surface area (Å²) in [5.74, 6) is 0.670. The van der Waals surface area contributed by atoms with Crippen LogP contribution in [0.15, 0.2) is 41.8 Å². The fraction of sp³-hybridized carbons (Fsp3) is 0.421. The molecule has 1 aromatic heterocycles. The molecule has 2 aromatic rings. The van der Waals surface area contributed by atoms with Crippen LogP contribution in [0.3, 0.4) is 0 Å². The van der Waals surface area contributed by atoms with Crippen LogP contribution in [0, 0.1) is 0 Å². The maximum absolute atomic E-state index is 12.6. The minimum atomic E-state index is -0.00551. The molecule has 2 heterocycles. The number of carbonyl (C=O) groups is 1. The predicted molar refractivity (Wildman–Crippen MR) is 99.3 cm³/mol. The van der Waals surface area contributed by atoms with Crippen LogP contribution in [-0.2, 0) is 16.1 Å². The van der Waals surface area contributed by atoms with Gasteiger partial charge in [-0.3, -0.25) is 4.79 Å². The molecule has 6 heteroatoms. The zero-order chi connectivity index (χ0) is 17.5. The Morgan fingerprint density at radius 2 is 2.24 bits per heavy atom. The highest BCUT2D eigenvalue weighted by atomic mass is 32.1. The van der Waals surface area contributed by atoms with E-state index in [9.17, 15) is 4.79 Å². The number of hydrogen-bond acceptors (Lipinski definition) is 4. The number of carbonyl (C=O) groups excluding carboxylic acids is 1. The second-order valence-corrected chi connectivity index (χ2v) is 7.30. The quantitative estimate of drug-likeness (QED) is 0.756. The molecule has 0 saturated carbocycles. The van der Waals surface area contributed by atoms with Gasteiger partial charge >= 0.3 is 0 Å². The van der Waals surface area contributed by atoms with Gasteiger partial charge in [0.15, 0.2) is 6.54 Å². The summed E-state index contributed by atoms with van der Waals surface area (Å²) in [5, 5.41) is 5.05. The number of thiophene rings is 1. The number of para-hydroxylation sites is 2. The first kappa shape index (κ1) is 17.9. The molecule has 0 bridgehead atoms. The van der Waals surface area contributed by atoms with E-state index < -0.39 is 0 Å². The van der Waals surface area contributed by atoms with E-state index in [2.05, 4.69) is 22.8 Å². The van der Waals surface area contributed by atoms with Gasteiger partial charge in [0.05, 0.1) is 17.7 Å². The summed E-state index contributed by atoms with van der Waals surface area (Å²) in [6.07, 6.45) is 2.46. The standard InChI is InChI=1S/C19H24N2O3S/c1-23-18-9-3-2-8-17(18)20-19(22)14-21(12-15-6-4-10-24-15)13-16-7-5-11-25-16/h2-3,5,7-9,11,15H,4,6,10,12-14H2,1H3,(H,20,22)/p+1/t15-/m0/s1. The van der Waals surface area contributed by atoms with Gasteiger partial charge in [0.2, 0.25) is 0 Å². The Hall–Kier alpha value is -1.89. The first-order valence-corrected chi connectivity index (χ1v) is 9.53. The van der Waals surface area contributed by atoms with Crippen molar-refractivity contribution < 1.29 is 19.2 Å². The molecule has 2 atom stereocenters. The molecular formula is C19H25N2O3S+. The topological polar surface area (TPSA) is 52.0 Å². The maximum atomic E-state index is 12.6. The number of quaternary nitrogens is 1.